The molecule has 1 aliphatic heterocycles. The van der Waals surface area contributed by atoms with Crippen molar-refractivity contribution in [2.24, 2.45) is 0 Å². The molecular weight excluding hydrogens is 280 g/mol. The lowest BCUT2D eigenvalue weighted by atomic mass is 10.1. The smallest absolute Gasteiger partial charge is 0.333 e. The van der Waals surface area contributed by atoms with Gasteiger partial charge in [-0.15, -0.1) is 0 Å². The van der Waals surface area contributed by atoms with Gasteiger partial charge in [-0.2, -0.15) is 0 Å². The average Bonchev–Trinajstić information content (AvgIpc) is 2.73. The van der Waals surface area contributed by atoms with Gasteiger partial charge in [0.05, 0.1) is 5.70 Å². The minimum absolute atomic E-state index is 0.372. The molecular formula is C14H15ClN2O3. The Balaban J connectivity index is 1.95. The zero-order chi connectivity index (χ0) is 14.5. The molecule has 1 unspecified atom stereocenters. The summed E-state index contributed by atoms with van der Waals surface area (Å²) in [5.41, 5.74) is 1.10. The maximum Gasteiger partial charge on any atom is 0.333 e. The molecule has 0 fully saturated rings. The molecule has 0 aromatic heterocycles. The molecule has 1 aromatic rings. The number of hydrogen-bond donors (Lipinski definition) is 2. The Hall–Kier alpha value is -2.01. The van der Waals surface area contributed by atoms with E-state index in [4.69, 9.17) is 16.3 Å². The summed E-state index contributed by atoms with van der Waals surface area (Å²) in [7, 11) is 0. The molecule has 1 atom stereocenters. The maximum absolute atomic E-state index is 11.8. The van der Waals surface area contributed by atoms with Crippen molar-refractivity contribution in [2.75, 3.05) is 5.32 Å². The van der Waals surface area contributed by atoms with Crippen LogP contribution in [0.4, 0.5) is 10.5 Å². The fraction of sp³-hybridized carbons (Fsp3) is 0.286. The van der Waals surface area contributed by atoms with Crippen molar-refractivity contribution in [1.29, 1.82) is 0 Å². The molecule has 1 aliphatic rings. The Labute approximate surface area is 121 Å². The Morgan fingerprint density at radius 3 is 2.65 bits per heavy atom. The number of carbonyl (C=O) groups excluding carboxylic acids is 2. The highest BCUT2D eigenvalue weighted by atomic mass is 35.5. The Kier molecular flexibility index (Phi) is 4.63. The molecule has 0 radical (unpaired) electrons. The van der Waals surface area contributed by atoms with Gasteiger partial charge in [0.25, 0.3) is 0 Å². The van der Waals surface area contributed by atoms with Crippen molar-refractivity contribution in [1.82, 2.24) is 5.32 Å². The molecule has 0 saturated heterocycles. The molecule has 5 nitrogen and oxygen atoms in total. The van der Waals surface area contributed by atoms with Crippen LogP contribution < -0.4 is 10.6 Å². The molecule has 20 heavy (non-hydrogen) atoms. The molecule has 0 bridgehead atoms. The lowest BCUT2D eigenvalue weighted by molar-refractivity contribution is -0.139. The number of benzene rings is 1. The van der Waals surface area contributed by atoms with Crippen molar-refractivity contribution >= 4 is 29.3 Å². The summed E-state index contributed by atoms with van der Waals surface area (Å²) in [5.74, 6) is -0.426. The van der Waals surface area contributed by atoms with E-state index >= 15 is 0 Å². The molecule has 2 rings (SSSR count). The van der Waals surface area contributed by atoms with Gasteiger partial charge in [0.1, 0.15) is 6.10 Å². The summed E-state index contributed by atoms with van der Waals surface area (Å²) in [5, 5.41) is 5.89. The molecule has 0 aliphatic carbocycles. The van der Waals surface area contributed by atoms with Crippen LogP contribution in [0, 0.1) is 0 Å². The lowest BCUT2D eigenvalue weighted by Gasteiger charge is -2.14. The van der Waals surface area contributed by atoms with Crippen molar-refractivity contribution in [2.45, 2.75) is 25.9 Å². The van der Waals surface area contributed by atoms with Crippen LogP contribution in [0.2, 0.25) is 5.02 Å². The first-order valence-corrected chi connectivity index (χ1v) is 6.72. The van der Waals surface area contributed by atoms with Crippen LogP contribution in [-0.4, -0.2) is 18.1 Å². The number of esters is 1. The largest absolute Gasteiger partial charge is 0.453 e. The quantitative estimate of drug-likeness (QED) is 0.839. The van der Waals surface area contributed by atoms with E-state index < -0.39 is 12.0 Å². The summed E-state index contributed by atoms with van der Waals surface area (Å²) in [4.78, 5) is 23.1. The molecule has 106 valence electrons. The van der Waals surface area contributed by atoms with Gasteiger partial charge in [0.15, 0.2) is 0 Å². The topological polar surface area (TPSA) is 67.4 Å². The third-order valence-corrected chi connectivity index (χ3v) is 3.04. The molecule has 2 N–H and O–H groups in total. The van der Waals surface area contributed by atoms with Gasteiger partial charge in [-0.1, -0.05) is 24.9 Å². The van der Waals surface area contributed by atoms with Crippen LogP contribution >= 0.6 is 11.6 Å². The number of nitrogens with one attached hydrogen (secondary N) is 2. The van der Waals surface area contributed by atoms with Crippen LogP contribution in [0.15, 0.2) is 36.0 Å². The highest BCUT2D eigenvalue weighted by Gasteiger charge is 2.26. The standard InChI is InChI=1S/C14H15ClN2O3/c1-2-3-12-11(8-13(18)20-12)17-14(19)16-10-6-4-9(15)5-7-10/h4-8,12H,2-3H2,1H3,(H2,16,17,19). The first kappa shape index (κ1) is 14.4. The average molecular weight is 295 g/mol. The van der Waals surface area contributed by atoms with Crippen molar-refractivity contribution in [3.05, 3.63) is 41.1 Å². The minimum atomic E-state index is -0.426. The van der Waals surface area contributed by atoms with Gasteiger partial charge < -0.3 is 15.4 Å². The predicted octanol–water partition coefficient (Wildman–Crippen LogP) is 3.07. The summed E-state index contributed by atoms with van der Waals surface area (Å²) < 4.78 is 5.09. The Bertz CT molecular complexity index is 540. The van der Waals surface area contributed by atoms with Gasteiger partial charge in [-0.05, 0) is 30.7 Å². The predicted molar refractivity (Wildman–Crippen MR) is 76.5 cm³/mol. The fourth-order valence-electron chi connectivity index (χ4n) is 1.88. The van der Waals surface area contributed by atoms with Crippen molar-refractivity contribution in [3.8, 4) is 0 Å². The number of rotatable bonds is 4. The number of carbonyl (C=O) groups is 2. The number of amides is 2. The minimum Gasteiger partial charge on any atom is -0.453 e. The van der Waals surface area contributed by atoms with Gasteiger partial charge in [0, 0.05) is 16.8 Å². The van der Waals surface area contributed by atoms with Crippen molar-refractivity contribution < 1.29 is 14.3 Å². The first-order valence-electron chi connectivity index (χ1n) is 6.34. The van der Waals surface area contributed by atoms with E-state index in [-0.39, 0.29) is 6.10 Å². The van der Waals surface area contributed by atoms with Gasteiger partial charge >= 0.3 is 12.0 Å². The molecule has 1 aromatic carbocycles. The molecule has 1 heterocycles. The molecule has 0 saturated carbocycles. The van der Waals surface area contributed by atoms with E-state index in [0.29, 0.717) is 22.8 Å². The molecule has 6 heteroatoms. The van der Waals surface area contributed by atoms with Crippen LogP contribution in [0.5, 0.6) is 0 Å². The number of ether oxygens (including phenoxy) is 1. The molecule has 0 spiro atoms. The fourth-order valence-corrected chi connectivity index (χ4v) is 2.00. The molecule has 2 amide bonds. The second kappa shape index (κ2) is 6.43. The number of hydrogen-bond acceptors (Lipinski definition) is 3. The number of urea groups is 1. The zero-order valence-corrected chi connectivity index (χ0v) is 11.7. The van der Waals surface area contributed by atoms with E-state index in [1.165, 1.54) is 6.08 Å². The third kappa shape index (κ3) is 3.74. The maximum atomic E-state index is 11.8. The van der Waals surface area contributed by atoms with Crippen LogP contribution in [0.3, 0.4) is 0 Å². The highest BCUT2D eigenvalue weighted by Crippen LogP contribution is 2.18. The second-order valence-corrected chi connectivity index (χ2v) is 4.84. The Morgan fingerprint density at radius 1 is 1.30 bits per heavy atom. The van der Waals surface area contributed by atoms with Crippen LogP contribution in [0.1, 0.15) is 19.8 Å². The first-order chi connectivity index (χ1) is 9.58. The van der Waals surface area contributed by atoms with Gasteiger partial charge in [-0.3, -0.25) is 0 Å². The highest BCUT2D eigenvalue weighted by molar-refractivity contribution is 6.30. The third-order valence-electron chi connectivity index (χ3n) is 2.79. The second-order valence-electron chi connectivity index (χ2n) is 4.40. The summed E-state index contributed by atoms with van der Waals surface area (Å²) >= 11 is 5.76. The summed E-state index contributed by atoms with van der Waals surface area (Å²) in [6.07, 6.45) is 2.47. The van der Waals surface area contributed by atoms with Crippen molar-refractivity contribution in [3.63, 3.8) is 0 Å². The van der Waals surface area contributed by atoms with Gasteiger partial charge in [-0.25, -0.2) is 9.59 Å². The monoisotopic (exact) mass is 294 g/mol. The Morgan fingerprint density at radius 2 is 2.00 bits per heavy atom. The van der Waals surface area contributed by atoms with Crippen LogP contribution in [0.25, 0.3) is 0 Å². The number of halogens is 1. The van der Waals surface area contributed by atoms with E-state index in [0.717, 1.165) is 6.42 Å². The summed E-state index contributed by atoms with van der Waals surface area (Å²) in [6, 6.07) is 6.32. The van der Waals surface area contributed by atoms with E-state index in [9.17, 15) is 9.59 Å². The van der Waals surface area contributed by atoms with Crippen LogP contribution in [-0.2, 0) is 9.53 Å². The number of anilines is 1. The normalized spacial score (nSPS) is 17.4. The van der Waals surface area contributed by atoms with Gasteiger partial charge in [0.2, 0.25) is 0 Å². The lowest BCUT2D eigenvalue weighted by Crippen LogP contribution is -2.32. The van der Waals surface area contributed by atoms with E-state index in [1.54, 1.807) is 24.3 Å². The zero-order valence-electron chi connectivity index (χ0n) is 11.0. The summed E-state index contributed by atoms with van der Waals surface area (Å²) in [6.45, 7) is 1.98. The SMILES string of the molecule is CCCC1OC(=O)C=C1NC(=O)Nc1ccc(Cl)cc1. The van der Waals surface area contributed by atoms with E-state index in [1.807, 2.05) is 6.92 Å². The van der Waals surface area contributed by atoms with E-state index in [2.05, 4.69) is 10.6 Å². The number of cyclic esters (lactones) is 1.